The van der Waals surface area contributed by atoms with E-state index in [1.165, 1.54) is 0 Å². The molecule has 0 aliphatic carbocycles. The monoisotopic (exact) mass is 269 g/mol. The van der Waals surface area contributed by atoms with Gasteiger partial charge in [-0.1, -0.05) is 5.16 Å². The molecule has 0 bridgehead atoms. The van der Waals surface area contributed by atoms with E-state index < -0.39 is 17.7 Å². The first kappa shape index (κ1) is 14.4. The fourth-order valence-corrected chi connectivity index (χ4v) is 1.01. The van der Waals surface area contributed by atoms with Gasteiger partial charge in [0.25, 0.3) is 0 Å². The smallest absolute Gasteiger partial charge is 0.475 e. The van der Waals surface area contributed by atoms with Crippen LogP contribution in [0.15, 0.2) is 4.52 Å². The van der Waals surface area contributed by atoms with Crippen LogP contribution in [0.25, 0.3) is 0 Å². The Labute approximate surface area is 98.6 Å². The van der Waals surface area contributed by atoms with Crippen molar-refractivity contribution < 1.29 is 32.7 Å². The second kappa shape index (κ2) is 4.90. The van der Waals surface area contributed by atoms with E-state index in [1.54, 1.807) is 6.92 Å². The number of rotatable bonds is 1. The molecule has 1 aliphatic rings. The maximum absolute atomic E-state index is 10.6. The molecule has 2 rings (SSSR count). The highest BCUT2D eigenvalue weighted by atomic mass is 19.4. The van der Waals surface area contributed by atoms with E-state index in [2.05, 4.69) is 15.5 Å². The molecule has 0 atom stereocenters. The van der Waals surface area contributed by atoms with Crippen LogP contribution in [0.2, 0.25) is 0 Å². The van der Waals surface area contributed by atoms with Crippen LogP contribution in [0.5, 0.6) is 0 Å². The molecule has 0 aromatic carbocycles. The van der Waals surface area contributed by atoms with Gasteiger partial charge in [-0.3, -0.25) is 0 Å². The molecule has 0 spiro atoms. The van der Waals surface area contributed by atoms with Crippen molar-refractivity contribution in [2.24, 2.45) is 0 Å². The van der Waals surface area contributed by atoms with Gasteiger partial charge in [-0.2, -0.15) is 18.2 Å². The summed E-state index contributed by atoms with van der Waals surface area (Å²) in [4.78, 5) is 12.8. The molecular weight excluding hydrogens is 259 g/mol. The van der Waals surface area contributed by atoms with E-state index in [4.69, 9.17) is 14.4 Å². The number of β-amino-alcohol motifs (C(OH)–C–C–N with tert-alkyl or cyclic N) is 1. The number of aliphatic hydroxyl groups is 1. The molecule has 1 aromatic heterocycles. The standard InChI is InChI=1S/C6H9N3O2.C2HF3O2/c1-4-8-5(9-11-4)6(10)2-7-3-6;3-2(4,5)1(6)7/h7,10H,2-3H2,1H3;(H,6,7). The molecule has 1 aromatic rings. The van der Waals surface area contributed by atoms with Gasteiger partial charge in [0.1, 0.15) is 0 Å². The number of aryl methyl sites for hydroxylation is 1. The molecule has 3 N–H and O–H groups in total. The van der Waals surface area contributed by atoms with E-state index in [-0.39, 0.29) is 0 Å². The van der Waals surface area contributed by atoms with Crippen LogP contribution in [0.4, 0.5) is 13.2 Å². The average molecular weight is 269 g/mol. The predicted molar refractivity (Wildman–Crippen MR) is 49.5 cm³/mol. The largest absolute Gasteiger partial charge is 0.490 e. The van der Waals surface area contributed by atoms with E-state index in [1.807, 2.05) is 0 Å². The van der Waals surface area contributed by atoms with Crippen molar-refractivity contribution in [2.75, 3.05) is 13.1 Å². The lowest BCUT2D eigenvalue weighted by Gasteiger charge is -2.34. The molecule has 102 valence electrons. The third-order valence-corrected chi connectivity index (χ3v) is 2.02. The molecular formula is C8H10F3N3O4. The zero-order valence-electron chi connectivity index (χ0n) is 9.15. The molecule has 1 fully saturated rings. The maximum Gasteiger partial charge on any atom is 0.490 e. The Hall–Kier alpha value is -1.68. The zero-order chi connectivity index (χ0) is 14.0. The second-order valence-electron chi connectivity index (χ2n) is 3.58. The molecule has 18 heavy (non-hydrogen) atoms. The number of hydrogen-bond donors (Lipinski definition) is 3. The van der Waals surface area contributed by atoms with Crippen LogP contribution < -0.4 is 5.32 Å². The Kier molecular flexibility index (Phi) is 3.92. The lowest BCUT2D eigenvalue weighted by atomic mass is 9.97. The number of carbonyl (C=O) groups is 1. The maximum atomic E-state index is 10.6. The molecule has 1 aliphatic heterocycles. The minimum atomic E-state index is -5.08. The normalized spacial score (nSPS) is 17.4. The van der Waals surface area contributed by atoms with E-state index in [9.17, 15) is 18.3 Å². The average Bonchev–Trinajstić information content (AvgIpc) is 2.61. The minimum absolute atomic E-state index is 0.383. The number of aromatic nitrogens is 2. The molecule has 7 nitrogen and oxygen atoms in total. The minimum Gasteiger partial charge on any atom is -0.475 e. The number of hydrogen-bond acceptors (Lipinski definition) is 6. The highest BCUT2D eigenvalue weighted by Crippen LogP contribution is 2.21. The predicted octanol–water partition coefficient (Wildman–Crippen LogP) is -0.198. The summed E-state index contributed by atoms with van der Waals surface area (Å²) in [7, 11) is 0. The number of nitrogens with one attached hydrogen (secondary N) is 1. The highest BCUT2D eigenvalue weighted by Gasteiger charge is 2.40. The SMILES string of the molecule is Cc1nc(C2(O)CNC2)no1.O=C(O)C(F)(F)F. The molecule has 10 heteroatoms. The second-order valence-corrected chi connectivity index (χ2v) is 3.58. The summed E-state index contributed by atoms with van der Waals surface area (Å²) >= 11 is 0. The number of alkyl halides is 3. The number of aliphatic carboxylic acids is 1. The molecule has 0 radical (unpaired) electrons. The first-order chi connectivity index (χ1) is 8.15. The van der Waals surface area contributed by atoms with Crippen molar-refractivity contribution in [1.29, 1.82) is 0 Å². The number of nitrogens with zero attached hydrogens (tertiary/aromatic N) is 2. The number of halogens is 3. The Morgan fingerprint density at radius 3 is 2.22 bits per heavy atom. The summed E-state index contributed by atoms with van der Waals surface area (Å²) in [6.45, 7) is 2.71. The first-order valence-corrected chi connectivity index (χ1v) is 4.69. The Morgan fingerprint density at radius 2 is 2.00 bits per heavy atom. The Bertz CT molecular complexity index is 427. The van der Waals surface area contributed by atoms with Crippen molar-refractivity contribution in [3.8, 4) is 0 Å². The van der Waals surface area contributed by atoms with Crippen molar-refractivity contribution in [2.45, 2.75) is 18.7 Å². The van der Waals surface area contributed by atoms with E-state index >= 15 is 0 Å². The van der Waals surface area contributed by atoms with Crippen LogP contribution in [-0.2, 0) is 10.4 Å². The van der Waals surface area contributed by atoms with Gasteiger partial charge in [0, 0.05) is 20.0 Å². The lowest BCUT2D eigenvalue weighted by molar-refractivity contribution is -0.192. The molecule has 0 saturated carbocycles. The van der Waals surface area contributed by atoms with Crippen LogP contribution in [-0.4, -0.2) is 45.6 Å². The third kappa shape index (κ3) is 3.40. The Morgan fingerprint density at radius 1 is 1.50 bits per heavy atom. The van der Waals surface area contributed by atoms with E-state index in [0.717, 1.165) is 0 Å². The van der Waals surface area contributed by atoms with Gasteiger partial charge in [-0.25, -0.2) is 4.79 Å². The summed E-state index contributed by atoms with van der Waals surface area (Å²) in [6, 6.07) is 0. The van der Waals surface area contributed by atoms with Crippen molar-refractivity contribution in [1.82, 2.24) is 15.5 Å². The summed E-state index contributed by atoms with van der Waals surface area (Å²) < 4.78 is 36.5. The van der Waals surface area contributed by atoms with Crippen molar-refractivity contribution in [3.63, 3.8) is 0 Å². The van der Waals surface area contributed by atoms with Gasteiger partial charge in [0.05, 0.1) is 0 Å². The fraction of sp³-hybridized carbons (Fsp3) is 0.625. The van der Waals surface area contributed by atoms with Gasteiger partial charge in [0.15, 0.2) is 5.60 Å². The van der Waals surface area contributed by atoms with E-state index in [0.29, 0.717) is 24.8 Å². The first-order valence-electron chi connectivity index (χ1n) is 4.69. The quantitative estimate of drug-likeness (QED) is 0.648. The summed E-state index contributed by atoms with van der Waals surface area (Å²) in [5, 5.41) is 23.3. The zero-order valence-corrected chi connectivity index (χ0v) is 9.15. The van der Waals surface area contributed by atoms with Crippen molar-refractivity contribution in [3.05, 3.63) is 11.7 Å². The molecule has 1 saturated heterocycles. The summed E-state index contributed by atoms with van der Waals surface area (Å²) in [5.41, 5.74) is -0.891. The van der Waals surface area contributed by atoms with Crippen LogP contribution in [0.1, 0.15) is 11.7 Å². The lowest BCUT2D eigenvalue weighted by Crippen LogP contribution is -2.57. The topological polar surface area (TPSA) is 108 Å². The van der Waals surface area contributed by atoms with Gasteiger partial charge in [-0.05, 0) is 0 Å². The summed E-state index contributed by atoms with van der Waals surface area (Å²) in [5.74, 6) is -1.89. The van der Waals surface area contributed by atoms with Gasteiger partial charge < -0.3 is 20.1 Å². The molecule has 0 amide bonds. The van der Waals surface area contributed by atoms with Gasteiger partial charge in [0.2, 0.25) is 11.7 Å². The molecule has 2 heterocycles. The van der Waals surface area contributed by atoms with Gasteiger partial charge >= 0.3 is 12.1 Å². The van der Waals surface area contributed by atoms with Crippen LogP contribution in [0, 0.1) is 6.92 Å². The van der Waals surface area contributed by atoms with Crippen LogP contribution >= 0.6 is 0 Å². The number of carboxylic acids is 1. The fourth-order valence-electron chi connectivity index (χ4n) is 1.01. The highest BCUT2D eigenvalue weighted by molar-refractivity contribution is 5.73. The van der Waals surface area contributed by atoms with Crippen molar-refractivity contribution >= 4 is 5.97 Å². The summed E-state index contributed by atoms with van der Waals surface area (Å²) in [6.07, 6.45) is -5.08. The van der Waals surface area contributed by atoms with Gasteiger partial charge in [-0.15, -0.1) is 0 Å². The van der Waals surface area contributed by atoms with Crippen LogP contribution in [0.3, 0.4) is 0 Å². The number of carboxylic acid groups (broad SMARTS) is 1. The Balaban J connectivity index is 0.000000203. The molecule has 0 unspecified atom stereocenters. The third-order valence-electron chi connectivity index (χ3n) is 2.02.